The lowest BCUT2D eigenvalue weighted by Crippen LogP contribution is -2.15. The van der Waals surface area contributed by atoms with Gasteiger partial charge in [-0.1, -0.05) is 39.7 Å². The average molecular weight is 411 g/mol. The first-order valence-corrected chi connectivity index (χ1v) is 9.38. The van der Waals surface area contributed by atoms with Crippen molar-refractivity contribution in [2.24, 2.45) is 0 Å². The maximum absolute atomic E-state index is 6.02. The summed E-state index contributed by atoms with van der Waals surface area (Å²) in [4.78, 5) is 0. The molecular formula is C19H21BrClNO2. The molecule has 1 aliphatic rings. The molecule has 2 aromatic rings. The molecule has 3 nitrogen and oxygen atoms in total. The first-order chi connectivity index (χ1) is 11.7. The highest BCUT2D eigenvalue weighted by molar-refractivity contribution is 9.10. The maximum atomic E-state index is 6.02. The van der Waals surface area contributed by atoms with E-state index in [0.29, 0.717) is 24.3 Å². The van der Waals surface area contributed by atoms with Gasteiger partial charge < -0.3 is 14.8 Å². The van der Waals surface area contributed by atoms with Crippen LogP contribution in [0.5, 0.6) is 11.5 Å². The Labute approximate surface area is 156 Å². The molecule has 0 aliphatic heterocycles. The minimum atomic E-state index is 0.451. The molecule has 24 heavy (non-hydrogen) atoms. The van der Waals surface area contributed by atoms with Gasteiger partial charge in [0, 0.05) is 22.1 Å². The summed E-state index contributed by atoms with van der Waals surface area (Å²) in [5.41, 5.74) is 2.21. The van der Waals surface area contributed by atoms with Gasteiger partial charge in [0.15, 0.2) is 11.5 Å². The zero-order valence-electron chi connectivity index (χ0n) is 13.6. The topological polar surface area (TPSA) is 30.5 Å². The molecule has 0 spiro atoms. The van der Waals surface area contributed by atoms with Crippen LogP contribution in [0.3, 0.4) is 0 Å². The van der Waals surface area contributed by atoms with Crippen molar-refractivity contribution in [3.05, 3.63) is 57.0 Å². The molecule has 0 amide bonds. The van der Waals surface area contributed by atoms with E-state index in [1.54, 1.807) is 0 Å². The van der Waals surface area contributed by atoms with Crippen molar-refractivity contribution in [1.29, 1.82) is 0 Å². The van der Waals surface area contributed by atoms with Crippen LogP contribution in [0.2, 0.25) is 5.02 Å². The zero-order valence-corrected chi connectivity index (χ0v) is 16.0. The number of halogens is 2. The van der Waals surface area contributed by atoms with Gasteiger partial charge in [-0.15, -0.1) is 0 Å². The van der Waals surface area contributed by atoms with Crippen LogP contribution in [0.4, 0.5) is 0 Å². The number of benzene rings is 2. The molecule has 1 aliphatic carbocycles. The molecule has 0 aromatic heterocycles. The Hall–Kier alpha value is -1.23. The van der Waals surface area contributed by atoms with E-state index in [4.69, 9.17) is 21.1 Å². The van der Waals surface area contributed by atoms with Crippen LogP contribution in [-0.2, 0) is 13.2 Å². The van der Waals surface area contributed by atoms with Gasteiger partial charge in [0.25, 0.3) is 0 Å². The van der Waals surface area contributed by atoms with Gasteiger partial charge in [-0.25, -0.2) is 0 Å². The van der Waals surface area contributed by atoms with Crippen molar-refractivity contribution < 1.29 is 9.47 Å². The third-order valence-electron chi connectivity index (χ3n) is 3.85. The minimum absolute atomic E-state index is 0.451. The number of ether oxygens (including phenoxy) is 2. The van der Waals surface area contributed by atoms with E-state index in [1.165, 1.54) is 18.4 Å². The molecule has 3 rings (SSSR count). The SMILES string of the molecule is CCOc1cc(CNC2CC2)c(Br)cc1OCc1cccc(Cl)c1. The summed E-state index contributed by atoms with van der Waals surface area (Å²) in [7, 11) is 0. The summed E-state index contributed by atoms with van der Waals surface area (Å²) in [5.74, 6) is 1.51. The molecule has 5 heteroatoms. The van der Waals surface area contributed by atoms with Gasteiger partial charge in [0.05, 0.1) is 6.61 Å². The van der Waals surface area contributed by atoms with E-state index >= 15 is 0 Å². The van der Waals surface area contributed by atoms with Crippen LogP contribution in [0.25, 0.3) is 0 Å². The molecule has 0 bridgehead atoms. The Bertz CT molecular complexity index is 704. The molecule has 1 N–H and O–H groups in total. The Morgan fingerprint density at radius 2 is 1.96 bits per heavy atom. The Kier molecular flexibility index (Phi) is 6.04. The summed E-state index contributed by atoms with van der Waals surface area (Å²) in [6.07, 6.45) is 2.55. The molecular weight excluding hydrogens is 390 g/mol. The first kappa shape index (κ1) is 17.6. The monoisotopic (exact) mass is 409 g/mol. The maximum Gasteiger partial charge on any atom is 0.162 e. The highest BCUT2D eigenvalue weighted by atomic mass is 79.9. The highest BCUT2D eigenvalue weighted by Crippen LogP contribution is 2.35. The fourth-order valence-electron chi connectivity index (χ4n) is 2.42. The molecule has 2 aromatic carbocycles. The first-order valence-electron chi connectivity index (χ1n) is 8.21. The Balaban J connectivity index is 1.73. The van der Waals surface area contributed by atoms with Crippen LogP contribution in [-0.4, -0.2) is 12.6 Å². The van der Waals surface area contributed by atoms with Crippen molar-refractivity contribution in [2.75, 3.05) is 6.61 Å². The molecule has 0 saturated heterocycles. The average Bonchev–Trinajstić information content (AvgIpc) is 3.38. The van der Waals surface area contributed by atoms with Gasteiger partial charge in [-0.2, -0.15) is 0 Å². The molecule has 0 radical (unpaired) electrons. The minimum Gasteiger partial charge on any atom is -0.490 e. The van der Waals surface area contributed by atoms with Crippen molar-refractivity contribution in [2.45, 2.75) is 39.0 Å². The van der Waals surface area contributed by atoms with E-state index < -0.39 is 0 Å². The second kappa shape index (κ2) is 8.24. The number of nitrogens with one attached hydrogen (secondary N) is 1. The Morgan fingerprint density at radius 1 is 1.17 bits per heavy atom. The summed E-state index contributed by atoms with van der Waals surface area (Å²) in [6, 6.07) is 12.4. The van der Waals surface area contributed by atoms with Gasteiger partial charge in [-0.05, 0) is 55.2 Å². The Morgan fingerprint density at radius 3 is 2.67 bits per heavy atom. The highest BCUT2D eigenvalue weighted by Gasteiger charge is 2.21. The predicted molar refractivity (Wildman–Crippen MR) is 101 cm³/mol. The van der Waals surface area contributed by atoms with Crippen molar-refractivity contribution >= 4 is 27.5 Å². The zero-order chi connectivity index (χ0) is 16.9. The van der Waals surface area contributed by atoms with Crippen molar-refractivity contribution in [3.8, 4) is 11.5 Å². The third-order valence-corrected chi connectivity index (χ3v) is 4.83. The summed E-state index contributed by atoms with van der Waals surface area (Å²) >= 11 is 9.67. The van der Waals surface area contributed by atoms with Crippen LogP contribution in [0.15, 0.2) is 40.9 Å². The van der Waals surface area contributed by atoms with Crippen molar-refractivity contribution in [1.82, 2.24) is 5.32 Å². The van der Waals surface area contributed by atoms with Gasteiger partial charge in [0.1, 0.15) is 6.61 Å². The lowest BCUT2D eigenvalue weighted by molar-refractivity contribution is 0.269. The summed E-state index contributed by atoms with van der Waals surface area (Å²) in [5, 5.41) is 4.24. The van der Waals surface area contributed by atoms with Crippen molar-refractivity contribution in [3.63, 3.8) is 0 Å². The third kappa shape index (κ3) is 4.88. The molecule has 0 unspecified atom stereocenters. The molecule has 0 heterocycles. The largest absolute Gasteiger partial charge is 0.490 e. The fraction of sp³-hybridized carbons (Fsp3) is 0.368. The van der Waals surface area contributed by atoms with E-state index in [-0.39, 0.29) is 0 Å². The molecule has 1 fully saturated rings. The predicted octanol–water partition coefficient (Wildman–Crippen LogP) is 5.33. The van der Waals surface area contributed by atoms with E-state index in [9.17, 15) is 0 Å². The van der Waals surface area contributed by atoms with E-state index in [2.05, 4.69) is 27.3 Å². The van der Waals surface area contributed by atoms with Crippen LogP contribution in [0.1, 0.15) is 30.9 Å². The van der Waals surface area contributed by atoms with Gasteiger partial charge in [0.2, 0.25) is 0 Å². The van der Waals surface area contributed by atoms with E-state index in [0.717, 1.165) is 28.1 Å². The normalized spacial score (nSPS) is 13.8. The second-order valence-electron chi connectivity index (χ2n) is 5.90. The quantitative estimate of drug-likeness (QED) is 0.638. The molecule has 0 atom stereocenters. The smallest absolute Gasteiger partial charge is 0.162 e. The lowest BCUT2D eigenvalue weighted by Gasteiger charge is -2.15. The van der Waals surface area contributed by atoms with Crippen LogP contribution < -0.4 is 14.8 Å². The summed E-state index contributed by atoms with van der Waals surface area (Å²) in [6.45, 7) is 3.86. The second-order valence-corrected chi connectivity index (χ2v) is 7.19. The standard InChI is InChI=1S/C19H21BrClNO2/c1-2-23-18-9-14(11-22-16-6-7-16)17(20)10-19(18)24-12-13-4-3-5-15(21)8-13/h3-5,8-10,16,22H,2,6-7,11-12H2,1H3. The van der Waals surface area contributed by atoms with Gasteiger partial charge in [-0.3, -0.25) is 0 Å². The molecule has 128 valence electrons. The summed E-state index contributed by atoms with van der Waals surface area (Å²) < 4.78 is 12.8. The number of hydrogen-bond acceptors (Lipinski definition) is 3. The fourth-order valence-corrected chi connectivity index (χ4v) is 3.10. The van der Waals surface area contributed by atoms with Crippen LogP contribution >= 0.6 is 27.5 Å². The lowest BCUT2D eigenvalue weighted by atomic mass is 10.2. The van der Waals surface area contributed by atoms with Gasteiger partial charge >= 0.3 is 0 Å². The number of rotatable bonds is 8. The molecule has 1 saturated carbocycles. The van der Waals surface area contributed by atoms with E-state index in [1.807, 2.05) is 37.3 Å². The van der Waals surface area contributed by atoms with Crippen LogP contribution in [0, 0.1) is 0 Å². The number of hydrogen-bond donors (Lipinski definition) is 1.